The number of phenolic OH excluding ortho intramolecular Hbond substituents is 1. The highest BCUT2D eigenvalue weighted by Crippen LogP contribution is 2.29. The van der Waals surface area contributed by atoms with Crippen molar-refractivity contribution in [2.24, 2.45) is 7.05 Å². The van der Waals surface area contributed by atoms with Crippen molar-refractivity contribution in [3.05, 3.63) is 41.7 Å². The van der Waals surface area contributed by atoms with E-state index in [4.69, 9.17) is 11.6 Å². The summed E-state index contributed by atoms with van der Waals surface area (Å²) in [5.41, 5.74) is 2.07. The molecule has 0 aliphatic rings. The van der Waals surface area contributed by atoms with Crippen molar-refractivity contribution >= 4 is 11.6 Å². The van der Waals surface area contributed by atoms with Gasteiger partial charge >= 0.3 is 0 Å². The Balaban J connectivity index is 2.05. The number of imidazole rings is 1. The number of hydrogen-bond acceptors (Lipinski definition) is 3. The minimum atomic E-state index is 0.193. The summed E-state index contributed by atoms with van der Waals surface area (Å²) >= 11 is 5.95. The average molecular weight is 275 g/mol. The molecule has 0 bridgehead atoms. The van der Waals surface area contributed by atoms with Crippen molar-refractivity contribution in [2.45, 2.75) is 0 Å². The molecule has 0 aliphatic carbocycles. The highest BCUT2D eigenvalue weighted by atomic mass is 35.5. The van der Waals surface area contributed by atoms with Crippen LogP contribution in [0.5, 0.6) is 5.75 Å². The molecule has 0 radical (unpaired) electrons. The van der Waals surface area contributed by atoms with Gasteiger partial charge in [-0.05, 0) is 18.2 Å². The molecule has 5 nitrogen and oxygen atoms in total. The maximum atomic E-state index is 9.81. The molecule has 0 amide bonds. The number of aromatic nitrogens is 4. The zero-order valence-electron chi connectivity index (χ0n) is 10.1. The molecule has 3 aromatic rings. The number of H-pyrrole nitrogens is 1. The molecule has 19 heavy (non-hydrogen) atoms. The lowest BCUT2D eigenvalue weighted by molar-refractivity contribution is 0.477. The SMILES string of the molecule is Cn1c(Cl)cnc1-c1cc(-c2ccccc2O)n[nH]1. The smallest absolute Gasteiger partial charge is 0.158 e. The Morgan fingerprint density at radius 3 is 2.79 bits per heavy atom. The van der Waals surface area contributed by atoms with Crippen LogP contribution < -0.4 is 0 Å². The van der Waals surface area contributed by atoms with Crippen LogP contribution >= 0.6 is 11.6 Å². The molecule has 0 fully saturated rings. The molecule has 2 aromatic heterocycles. The van der Waals surface area contributed by atoms with Crippen LogP contribution in [-0.4, -0.2) is 24.9 Å². The number of aromatic amines is 1. The minimum absolute atomic E-state index is 0.193. The largest absolute Gasteiger partial charge is 0.507 e. The summed E-state index contributed by atoms with van der Waals surface area (Å²) in [6.45, 7) is 0. The molecule has 2 heterocycles. The number of aromatic hydroxyl groups is 1. The third-order valence-corrected chi connectivity index (χ3v) is 3.28. The Kier molecular flexibility index (Phi) is 2.76. The second kappa shape index (κ2) is 4.44. The van der Waals surface area contributed by atoms with Gasteiger partial charge in [0.2, 0.25) is 0 Å². The van der Waals surface area contributed by atoms with Gasteiger partial charge < -0.3 is 9.67 Å². The van der Waals surface area contributed by atoms with Crippen LogP contribution in [0.2, 0.25) is 5.15 Å². The van der Waals surface area contributed by atoms with E-state index in [9.17, 15) is 5.11 Å². The summed E-state index contributed by atoms with van der Waals surface area (Å²) in [6.07, 6.45) is 1.58. The molecule has 0 saturated heterocycles. The molecular formula is C13H11ClN4O. The number of para-hydroxylation sites is 1. The van der Waals surface area contributed by atoms with Gasteiger partial charge in [0.15, 0.2) is 5.82 Å². The number of benzene rings is 1. The fourth-order valence-corrected chi connectivity index (χ4v) is 2.03. The third-order valence-electron chi connectivity index (χ3n) is 2.93. The van der Waals surface area contributed by atoms with E-state index in [1.54, 1.807) is 29.0 Å². The average Bonchev–Trinajstić information content (AvgIpc) is 2.99. The van der Waals surface area contributed by atoms with E-state index in [2.05, 4.69) is 15.2 Å². The molecular weight excluding hydrogens is 264 g/mol. The van der Waals surface area contributed by atoms with Crippen LogP contribution in [0.4, 0.5) is 0 Å². The maximum absolute atomic E-state index is 9.81. The zero-order chi connectivity index (χ0) is 13.4. The van der Waals surface area contributed by atoms with Crippen molar-refractivity contribution in [3.8, 4) is 28.5 Å². The fourth-order valence-electron chi connectivity index (χ4n) is 1.90. The van der Waals surface area contributed by atoms with E-state index < -0.39 is 0 Å². The molecule has 0 saturated carbocycles. The lowest BCUT2D eigenvalue weighted by Gasteiger charge is -1.99. The molecule has 0 aliphatic heterocycles. The van der Waals surface area contributed by atoms with Gasteiger partial charge in [-0.2, -0.15) is 5.10 Å². The standard InChI is InChI=1S/C13H11ClN4O/c1-18-12(14)7-15-13(18)10-6-9(16-17-10)8-4-2-3-5-11(8)19/h2-7,19H,1H3,(H,16,17). The first-order chi connectivity index (χ1) is 9.16. The number of nitrogens with zero attached hydrogens (tertiary/aromatic N) is 3. The highest BCUT2D eigenvalue weighted by Gasteiger charge is 2.13. The van der Waals surface area contributed by atoms with Crippen LogP contribution in [-0.2, 0) is 7.05 Å². The third kappa shape index (κ3) is 1.98. The highest BCUT2D eigenvalue weighted by molar-refractivity contribution is 6.29. The van der Waals surface area contributed by atoms with Gasteiger partial charge in [0.1, 0.15) is 16.6 Å². The molecule has 3 rings (SSSR count). The summed E-state index contributed by atoms with van der Waals surface area (Å²) in [6, 6.07) is 8.88. The van der Waals surface area contributed by atoms with Crippen LogP contribution in [0.3, 0.4) is 0 Å². The van der Waals surface area contributed by atoms with Crippen molar-refractivity contribution < 1.29 is 5.11 Å². The summed E-state index contributed by atoms with van der Waals surface area (Å²) in [7, 11) is 1.82. The Hall–Kier alpha value is -2.27. The molecule has 2 N–H and O–H groups in total. The van der Waals surface area contributed by atoms with E-state index >= 15 is 0 Å². The summed E-state index contributed by atoms with van der Waals surface area (Å²) < 4.78 is 1.75. The Bertz CT molecular complexity index is 732. The van der Waals surface area contributed by atoms with Gasteiger partial charge in [0.05, 0.1) is 11.9 Å². The number of nitrogens with one attached hydrogen (secondary N) is 1. The zero-order valence-corrected chi connectivity index (χ0v) is 10.9. The predicted octanol–water partition coefficient (Wildman–Crippen LogP) is 2.84. The Morgan fingerprint density at radius 1 is 1.32 bits per heavy atom. The van der Waals surface area contributed by atoms with E-state index in [1.165, 1.54) is 0 Å². The first kappa shape index (κ1) is 11.8. The second-order valence-corrected chi connectivity index (χ2v) is 4.53. The van der Waals surface area contributed by atoms with E-state index in [-0.39, 0.29) is 5.75 Å². The fraction of sp³-hybridized carbons (Fsp3) is 0.0769. The van der Waals surface area contributed by atoms with Crippen molar-refractivity contribution in [1.82, 2.24) is 19.7 Å². The van der Waals surface area contributed by atoms with Crippen LogP contribution in [0.15, 0.2) is 36.5 Å². The van der Waals surface area contributed by atoms with Gasteiger partial charge in [-0.15, -0.1) is 0 Å². The molecule has 6 heteroatoms. The van der Waals surface area contributed by atoms with E-state index in [1.807, 2.05) is 19.2 Å². The number of halogens is 1. The Morgan fingerprint density at radius 2 is 2.11 bits per heavy atom. The number of rotatable bonds is 2. The van der Waals surface area contributed by atoms with Crippen molar-refractivity contribution in [1.29, 1.82) is 0 Å². The Labute approximate surface area is 114 Å². The summed E-state index contributed by atoms with van der Waals surface area (Å²) in [5, 5.41) is 17.4. The van der Waals surface area contributed by atoms with Gasteiger partial charge in [0.25, 0.3) is 0 Å². The second-order valence-electron chi connectivity index (χ2n) is 4.15. The minimum Gasteiger partial charge on any atom is -0.507 e. The number of phenols is 1. The maximum Gasteiger partial charge on any atom is 0.158 e. The quantitative estimate of drug-likeness (QED) is 0.755. The first-order valence-electron chi connectivity index (χ1n) is 5.68. The first-order valence-corrected chi connectivity index (χ1v) is 6.06. The molecule has 96 valence electrons. The number of hydrogen-bond donors (Lipinski definition) is 2. The van der Waals surface area contributed by atoms with Crippen LogP contribution in [0.25, 0.3) is 22.8 Å². The van der Waals surface area contributed by atoms with Gasteiger partial charge in [-0.3, -0.25) is 5.10 Å². The monoisotopic (exact) mass is 274 g/mol. The predicted molar refractivity (Wildman–Crippen MR) is 72.9 cm³/mol. The molecule has 0 unspecified atom stereocenters. The topological polar surface area (TPSA) is 66.7 Å². The molecule has 0 atom stereocenters. The molecule has 0 spiro atoms. The van der Waals surface area contributed by atoms with E-state index in [0.717, 1.165) is 5.69 Å². The van der Waals surface area contributed by atoms with E-state index in [0.29, 0.717) is 22.2 Å². The van der Waals surface area contributed by atoms with Crippen molar-refractivity contribution in [3.63, 3.8) is 0 Å². The molecule has 1 aromatic carbocycles. The van der Waals surface area contributed by atoms with Crippen LogP contribution in [0.1, 0.15) is 0 Å². The van der Waals surface area contributed by atoms with Gasteiger partial charge in [-0.1, -0.05) is 23.7 Å². The lowest BCUT2D eigenvalue weighted by Crippen LogP contribution is -1.92. The van der Waals surface area contributed by atoms with Gasteiger partial charge in [0, 0.05) is 12.6 Å². The summed E-state index contributed by atoms with van der Waals surface area (Å²) in [4.78, 5) is 4.21. The normalized spacial score (nSPS) is 10.8. The van der Waals surface area contributed by atoms with Gasteiger partial charge in [-0.25, -0.2) is 4.98 Å². The summed E-state index contributed by atoms with van der Waals surface area (Å²) in [5.74, 6) is 0.887. The lowest BCUT2D eigenvalue weighted by atomic mass is 10.1. The van der Waals surface area contributed by atoms with Crippen molar-refractivity contribution in [2.75, 3.05) is 0 Å². The van der Waals surface area contributed by atoms with Crippen LogP contribution in [0, 0.1) is 0 Å².